The van der Waals surface area contributed by atoms with Crippen LogP contribution in [0, 0.1) is 5.82 Å². The number of benzene rings is 2. The van der Waals surface area contributed by atoms with Gasteiger partial charge in [-0.2, -0.15) is 0 Å². The Hall–Kier alpha value is -3.14. The molecule has 0 aliphatic heterocycles. The Labute approximate surface area is 148 Å². The molecule has 0 saturated heterocycles. The number of halogens is 1. The lowest BCUT2D eigenvalue weighted by atomic mass is 10.2. The molecule has 0 radical (unpaired) electrons. The number of sulfonamides is 1. The number of hydrogen-bond acceptors (Lipinski definition) is 5. The quantitative estimate of drug-likeness (QED) is 0.705. The molecule has 0 atom stereocenters. The van der Waals surface area contributed by atoms with Crippen LogP contribution in [0.5, 0.6) is 5.75 Å². The summed E-state index contributed by atoms with van der Waals surface area (Å²) in [6.07, 6.45) is 0. The SMILES string of the molecule is COc1ccc(NS(=O)(=O)c2ccc(F)c(NC(C)=O)c2)c(C(=O)O)c1. The highest BCUT2D eigenvalue weighted by molar-refractivity contribution is 7.92. The number of amides is 1. The Morgan fingerprint density at radius 3 is 2.38 bits per heavy atom. The van der Waals surface area contributed by atoms with Crippen molar-refractivity contribution in [3.63, 3.8) is 0 Å². The predicted molar refractivity (Wildman–Crippen MR) is 91.5 cm³/mol. The fourth-order valence-electron chi connectivity index (χ4n) is 2.08. The van der Waals surface area contributed by atoms with Crippen LogP contribution in [-0.2, 0) is 14.8 Å². The Bertz CT molecular complexity index is 975. The molecular weight excluding hydrogens is 367 g/mol. The van der Waals surface area contributed by atoms with Crippen molar-refractivity contribution in [2.24, 2.45) is 0 Å². The third-order valence-electron chi connectivity index (χ3n) is 3.26. The topological polar surface area (TPSA) is 122 Å². The number of carbonyl (C=O) groups is 2. The van der Waals surface area contributed by atoms with Crippen LogP contribution in [0.3, 0.4) is 0 Å². The molecule has 2 aromatic rings. The summed E-state index contributed by atoms with van der Waals surface area (Å²) in [6, 6.07) is 6.59. The van der Waals surface area contributed by atoms with Crippen LogP contribution < -0.4 is 14.8 Å². The van der Waals surface area contributed by atoms with E-state index in [1.807, 2.05) is 0 Å². The minimum atomic E-state index is -4.24. The smallest absolute Gasteiger partial charge is 0.337 e. The van der Waals surface area contributed by atoms with Crippen molar-refractivity contribution in [2.45, 2.75) is 11.8 Å². The molecule has 1 amide bonds. The second-order valence-electron chi connectivity index (χ2n) is 5.15. The van der Waals surface area contributed by atoms with Gasteiger partial charge in [-0.25, -0.2) is 17.6 Å². The van der Waals surface area contributed by atoms with Crippen LogP contribution in [0.1, 0.15) is 17.3 Å². The van der Waals surface area contributed by atoms with Gasteiger partial charge in [0.1, 0.15) is 11.6 Å². The number of nitrogens with one attached hydrogen (secondary N) is 2. The molecule has 138 valence electrons. The highest BCUT2D eigenvalue weighted by Crippen LogP contribution is 2.26. The van der Waals surface area contributed by atoms with E-state index in [9.17, 15) is 27.5 Å². The second kappa shape index (κ2) is 7.40. The van der Waals surface area contributed by atoms with Gasteiger partial charge in [-0.05, 0) is 36.4 Å². The van der Waals surface area contributed by atoms with Gasteiger partial charge in [0.25, 0.3) is 10.0 Å². The third-order valence-corrected chi connectivity index (χ3v) is 4.62. The number of rotatable bonds is 6. The van der Waals surface area contributed by atoms with Crippen molar-refractivity contribution >= 4 is 33.3 Å². The van der Waals surface area contributed by atoms with Gasteiger partial charge in [-0.1, -0.05) is 0 Å². The van der Waals surface area contributed by atoms with E-state index in [1.54, 1.807) is 0 Å². The van der Waals surface area contributed by atoms with E-state index in [0.29, 0.717) is 0 Å². The summed E-state index contributed by atoms with van der Waals surface area (Å²) >= 11 is 0. The van der Waals surface area contributed by atoms with Crippen molar-refractivity contribution in [3.05, 3.63) is 47.8 Å². The molecular formula is C16H15FN2O6S. The zero-order valence-electron chi connectivity index (χ0n) is 13.7. The minimum absolute atomic E-state index is 0.191. The van der Waals surface area contributed by atoms with Crippen LogP contribution in [0.25, 0.3) is 0 Å². The monoisotopic (exact) mass is 382 g/mol. The molecule has 0 spiro atoms. The number of methoxy groups -OCH3 is 1. The summed E-state index contributed by atoms with van der Waals surface area (Å²) in [5.41, 5.74) is -0.825. The van der Waals surface area contributed by atoms with Crippen LogP contribution >= 0.6 is 0 Å². The molecule has 0 aromatic heterocycles. The van der Waals surface area contributed by atoms with E-state index in [0.717, 1.165) is 31.2 Å². The largest absolute Gasteiger partial charge is 0.497 e. The maximum Gasteiger partial charge on any atom is 0.337 e. The van der Waals surface area contributed by atoms with E-state index >= 15 is 0 Å². The van der Waals surface area contributed by atoms with E-state index in [1.165, 1.54) is 19.2 Å². The number of carboxylic acid groups (broad SMARTS) is 1. The predicted octanol–water partition coefficient (Wildman–Crippen LogP) is 2.29. The van der Waals surface area contributed by atoms with E-state index in [-0.39, 0.29) is 27.6 Å². The normalized spacial score (nSPS) is 10.9. The third kappa shape index (κ3) is 4.28. The highest BCUT2D eigenvalue weighted by atomic mass is 32.2. The summed E-state index contributed by atoms with van der Waals surface area (Å²) < 4.78 is 45.8. The molecule has 0 aliphatic rings. The molecule has 0 bridgehead atoms. The number of ether oxygens (including phenoxy) is 1. The number of carbonyl (C=O) groups excluding carboxylic acids is 1. The van der Waals surface area contributed by atoms with Gasteiger partial charge in [-0.15, -0.1) is 0 Å². The van der Waals surface area contributed by atoms with Crippen LogP contribution in [-0.4, -0.2) is 32.5 Å². The van der Waals surface area contributed by atoms with Crippen molar-refractivity contribution in [1.82, 2.24) is 0 Å². The molecule has 8 nitrogen and oxygen atoms in total. The fourth-order valence-corrected chi connectivity index (χ4v) is 3.18. The first kappa shape index (κ1) is 19.2. The van der Waals surface area contributed by atoms with Crippen LogP contribution in [0.2, 0.25) is 0 Å². The van der Waals surface area contributed by atoms with E-state index in [4.69, 9.17) is 4.74 Å². The van der Waals surface area contributed by atoms with Gasteiger partial charge >= 0.3 is 5.97 Å². The Balaban J connectivity index is 2.44. The van der Waals surface area contributed by atoms with Gasteiger partial charge in [0.05, 0.1) is 28.9 Å². The van der Waals surface area contributed by atoms with Crippen molar-refractivity contribution in [1.29, 1.82) is 0 Å². The van der Waals surface area contributed by atoms with Crippen molar-refractivity contribution in [2.75, 3.05) is 17.1 Å². The first-order valence-electron chi connectivity index (χ1n) is 7.15. The number of anilines is 2. The Morgan fingerprint density at radius 1 is 1.12 bits per heavy atom. The van der Waals surface area contributed by atoms with Gasteiger partial charge in [0.15, 0.2) is 0 Å². The lowest BCUT2D eigenvalue weighted by Crippen LogP contribution is -2.16. The summed E-state index contributed by atoms with van der Waals surface area (Å²) in [4.78, 5) is 22.1. The molecule has 3 N–H and O–H groups in total. The van der Waals surface area contributed by atoms with Gasteiger partial charge < -0.3 is 15.2 Å². The maximum atomic E-state index is 13.7. The lowest BCUT2D eigenvalue weighted by molar-refractivity contribution is -0.114. The Kier molecular flexibility index (Phi) is 5.46. The molecule has 2 aromatic carbocycles. The standard InChI is InChI=1S/C16H15FN2O6S/c1-9(20)18-15-8-11(4-5-13(15)17)26(23,24)19-14-6-3-10(25-2)7-12(14)16(21)22/h3-8,19H,1-2H3,(H,18,20)(H,21,22). The first-order valence-corrected chi connectivity index (χ1v) is 8.63. The zero-order valence-corrected chi connectivity index (χ0v) is 14.6. The molecule has 2 rings (SSSR count). The highest BCUT2D eigenvalue weighted by Gasteiger charge is 2.21. The molecule has 0 unspecified atom stereocenters. The summed E-state index contributed by atoms with van der Waals surface area (Å²) in [7, 11) is -2.90. The summed E-state index contributed by atoms with van der Waals surface area (Å²) in [6.45, 7) is 1.15. The van der Waals surface area contributed by atoms with Crippen molar-refractivity contribution < 1.29 is 32.2 Å². The van der Waals surface area contributed by atoms with Crippen molar-refractivity contribution in [3.8, 4) is 5.75 Å². The zero-order chi connectivity index (χ0) is 19.5. The van der Waals surface area contributed by atoms with Gasteiger partial charge in [0, 0.05) is 6.92 Å². The molecule has 10 heteroatoms. The fraction of sp³-hybridized carbons (Fsp3) is 0.125. The molecule has 26 heavy (non-hydrogen) atoms. The van der Waals surface area contributed by atoms with Crippen LogP contribution in [0.15, 0.2) is 41.3 Å². The summed E-state index contributed by atoms with van der Waals surface area (Å²) in [5.74, 6) is -2.51. The van der Waals surface area contributed by atoms with Gasteiger partial charge in [0.2, 0.25) is 5.91 Å². The van der Waals surface area contributed by atoms with E-state index < -0.39 is 27.7 Å². The first-order chi connectivity index (χ1) is 12.1. The maximum absolute atomic E-state index is 13.7. The Morgan fingerprint density at radius 2 is 1.81 bits per heavy atom. The average molecular weight is 382 g/mol. The number of carboxylic acids is 1. The van der Waals surface area contributed by atoms with E-state index in [2.05, 4.69) is 10.0 Å². The molecule has 0 saturated carbocycles. The number of aromatic carboxylic acids is 1. The minimum Gasteiger partial charge on any atom is -0.497 e. The molecule has 0 aliphatic carbocycles. The van der Waals surface area contributed by atoms with Crippen LogP contribution in [0.4, 0.5) is 15.8 Å². The number of hydrogen-bond donors (Lipinski definition) is 3. The summed E-state index contributed by atoms with van der Waals surface area (Å²) in [5, 5.41) is 11.4. The second-order valence-corrected chi connectivity index (χ2v) is 6.83. The molecule has 0 heterocycles. The lowest BCUT2D eigenvalue weighted by Gasteiger charge is -2.13. The average Bonchev–Trinajstić information content (AvgIpc) is 2.56. The van der Waals surface area contributed by atoms with Gasteiger partial charge in [-0.3, -0.25) is 9.52 Å². The molecule has 0 fully saturated rings.